The van der Waals surface area contributed by atoms with Gasteiger partial charge < -0.3 is 5.32 Å². The third-order valence-electron chi connectivity index (χ3n) is 3.36. The minimum atomic E-state index is -0.181. The van der Waals surface area contributed by atoms with E-state index in [2.05, 4.69) is 41.4 Å². The van der Waals surface area contributed by atoms with Crippen molar-refractivity contribution in [2.45, 2.75) is 40.0 Å². The third kappa shape index (κ3) is 2.59. The number of hydrogen-bond donors (Lipinski definition) is 2. The normalized spacial score (nSPS) is 11.7. The Morgan fingerprint density at radius 1 is 1.35 bits per heavy atom. The summed E-state index contributed by atoms with van der Waals surface area (Å²) in [5.74, 6) is 0.350. The van der Waals surface area contributed by atoms with Crippen LogP contribution in [-0.2, 0) is 12.5 Å². The van der Waals surface area contributed by atoms with Crippen molar-refractivity contribution in [3.05, 3.63) is 28.7 Å². The van der Waals surface area contributed by atoms with E-state index in [0.717, 1.165) is 11.4 Å². The van der Waals surface area contributed by atoms with Gasteiger partial charge in [0, 0.05) is 29.9 Å². The molecule has 0 aliphatic heterocycles. The summed E-state index contributed by atoms with van der Waals surface area (Å²) in [6.45, 7) is 9.96. The number of aryl methyl sites for hydroxylation is 2. The molecule has 0 saturated heterocycles. The fourth-order valence-electron chi connectivity index (χ4n) is 2.05. The van der Waals surface area contributed by atoms with E-state index in [1.807, 2.05) is 27.0 Å². The lowest BCUT2D eigenvalue weighted by atomic mass is 9.92. The van der Waals surface area contributed by atoms with E-state index in [4.69, 9.17) is 0 Å². The van der Waals surface area contributed by atoms with Gasteiger partial charge in [0.15, 0.2) is 5.82 Å². The van der Waals surface area contributed by atoms with Crippen LogP contribution in [0.1, 0.15) is 48.2 Å². The summed E-state index contributed by atoms with van der Waals surface area (Å²) in [7, 11) is 1.82. The summed E-state index contributed by atoms with van der Waals surface area (Å²) in [5.41, 5.74) is 3.11. The van der Waals surface area contributed by atoms with Crippen LogP contribution < -0.4 is 5.32 Å². The molecule has 2 aromatic rings. The molecule has 2 N–H and O–H groups in total. The van der Waals surface area contributed by atoms with E-state index in [-0.39, 0.29) is 11.3 Å². The number of rotatable bonds is 2. The molecule has 20 heavy (non-hydrogen) atoms. The van der Waals surface area contributed by atoms with Crippen LogP contribution in [0.3, 0.4) is 0 Å². The zero-order chi connectivity index (χ0) is 15.1. The first-order chi connectivity index (χ1) is 9.20. The predicted octanol–water partition coefficient (Wildman–Crippen LogP) is 2.31. The Balaban J connectivity index is 2.22. The molecule has 0 radical (unpaired) electrons. The summed E-state index contributed by atoms with van der Waals surface area (Å²) in [6, 6.07) is 1.86. The lowest BCUT2D eigenvalue weighted by Gasteiger charge is -2.14. The summed E-state index contributed by atoms with van der Waals surface area (Å²) in [4.78, 5) is 12.3. The third-order valence-corrected chi connectivity index (χ3v) is 3.36. The maximum absolute atomic E-state index is 12.3. The van der Waals surface area contributed by atoms with Crippen LogP contribution in [0.5, 0.6) is 0 Å². The number of anilines is 1. The van der Waals surface area contributed by atoms with Crippen molar-refractivity contribution in [3.8, 4) is 0 Å². The van der Waals surface area contributed by atoms with Gasteiger partial charge in [-0.1, -0.05) is 20.8 Å². The number of nitrogens with one attached hydrogen (secondary N) is 2. The SMILES string of the molecule is Cc1nn(C)c(C)c1C(=O)Nc1cc(C(C)(C)C)[nH]n1. The van der Waals surface area contributed by atoms with Crippen molar-refractivity contribution < 1.29 is 4.79 Å². The van der Waals surface area contributed by atoms with Gasteiger partial charge in [-0.25, -0.2) is 0 Å². The molecule has 0 aromatic carbocycles. The van der Waals surface area contributed by atoms with Crippen molar-refractivity contribution in [1.82, 2.24) is 20.0 Å². The number of H-pyrrole nitrogens is 1. The van der Waals surface area contributed by atoms with Crippen LogP contribution in [0.2, 0.25) is 0 Å². The van der Waals surface area contributed by atoms with Crippen molar-refractivity contribution in [2.24, 2.45) is 7.05 Å². The Morgan fingerprint density at radius 3 is 2.45 bits per heavy atom. The highest BCUT2D eigenvalue weighted by molar-refractivity contribution is 6.05. The lowest BCUT2D eigenvalue weighted by molar-refractivity contribution is 0.102. The topological polar surface area (TPSA) is 75.6 Å². The number of carbonyl (C=O) groups is 1. The maximum Gasteiger partial charge on any atom is 0.260 e. The fourth-order valence-corrected chi connectivity index (χ4v) is 2.05. The Morgan fingerprint density at radius 2 is 2.00 bits per heavy atom. The molecule has 0 atom stereocenters. The van der Waals surface area contributed by atoms with Crippen molar-refractivity contribution in [3.63, 3.8) is 0 Å². The van der Waals surface area contributed by atoms with Crippen LogP contribution in [-0.4, -0.2) is 25.9 Å². The van der Waals surface area contributed by atoms with Crippen LogP contribution in [0.15, 0.2) is 6.07 Å². The van der Waals surface area contributed by atoms with Crippen LogP contribution >= 0.6 is 0 Å². The van der Waals surface area contributed by atoms with Crippen molar-refractivity contribution in [2.75, 3.05) is 5.32 Å². The van der Waals surface area contributed by atoms with Gasteiger partial charge in [-0.3, -0.25) is 14.6 Å². The minimum Gasteiger partial charge on any atom is -0.305 e. The standard InChI is InChI=1S/C14H21N5O/c1-8-12(9(2)19(6)18-8)13(20)15-11-7-10(16-17-11)14(3,4)5/h7H,1-6H3,(H2,15,16,17,20). The number of hydrogen-bond acceptors (Lipinski definition) is 3. The second-order valence-corrected chi connectivity index (χ2v) is 6.04. The Labute approximate surface area is 118 Å². The molecule has 1 amide bonds. The van der Waals surface area contributed by atoms with Crippen LogP contribution in [0, 0.1) is 13.8 Å². The van der Waals surface area contributed by atoms with Crippen molar-refractivity contribution >= 4 is 11.7 Å². The molecule has 2 aromatic heterocycles. The number of aromatic amines is 1. The van der Waals surface area contributed by atoms with E-state index < -0.39 is 0 Å². The second kappa shape index (κ2) is 4.77. The lowest BCUT2D eigenvalue weighted by Crippen LogP contribution is -2.14. The first-order valence-electron chi connectivity index (χ1n) is 6.57. The minimum absolute atomic E-state index is 0.0316. The summed E-state index contributed by atoms with van der Waals surface area (Å²) in [5, 5.41) is 14.1. The molecule has 0 saturated carbocycles. The largest absolute Gasteiger partial charge is 0.305 e. The molecule has 6 heteroatoms. The van der Waals surface area contributed by atoms with Gasteiger partial charge in [0.2, 0.25) is 0 Å². The van der Waals surface area contributed by atoms with Gasteiger partial charge in [0.1, 0.15) is 0 Å². The second-order valence-electron chi connectivity index (χ2n) is 6.04. The van der Waals surface area contributed by atoms with Gasteiger partial charge in [-0.2, -0.15) is 10.2 Å². The van der Waals surface area contributed by atoms with Gasteiger partial charge in [-0.05, 0) is 13.8 Å². The summed E-state index contributed by atoms with van der Waals surface area (Å²) in [6.07, 6.45) is 0. The first-order valence-corrected chi connectivity index (χ1v) is 6.57. The number of carbonyl (C=O) groups excluding carboxylic acids is 1. The van der Waals surface area contributed by atoms with E-state index in [0.29, 0.717) is 17.1 Å². The molecule has 0 aliphatic carbocycles. The first kappa shape index (κ1) is 14.3. The van der Waals surface area contributed by atoms with Gasteiger partial charge in [0.25, 0.3) is 5.91 Å². The smallest absolute Gasteiger partial charge is 0.260 e. The average Bonchev–Trinajstić information content (AvgIpc) is 2.85. The molecule has 0 spiro atoms. The molecule has 0 unspecified atom stereocenters. The quantitative estimate of drug-likeness (QED) is 0.883. The Hall–Kier alpha value is -2.11. The van der Waals surface area contributed by atoms with Crippen LogP contribution in [0.4, 0.5) is 5.82 Å². The van der Waals surface area contributed by atoms with Gasteiger partial charge in [-0.15, -0.1) is 0 Å². The molecular weight excluding hydrogens is 254 g/mol. The maximum atomic E-state index is 12.3. The van der Waals surface area contributed by atoms with E-state index >= 15 is 0 Å². The summed E-state index contributed by atoms with van der Waals surface area (Å²) < 4.78 is 1.70. The van der Waals surface area contributed by atoms with Crippen LogP contribution in [0.25, 0.3) is 0 Å². The number of amides is 1. The molecule has 0 fully saturated rings. The molecule has 0 bridgehead atoms. The average molecular weight is 275 g/mol. The zero-order valence-corrected chi connectivity index (χ0v) is 12.8. The molecule has 2 heterocycles. The van der Waals surface area contributed by atoms with E-state index in [1.54, 1.807) is 4.68 Å². The van der Waals surface area contributed by atoms with Gasteiger partial charge in [0.05, 0.1) is 11.3 Å². The monoisotopic (exact) mass is 275 g/mol. The number of aromatic nitrogens is 4. The number of nitrogens with zero attached hydrogens (tertiary/aromatic N) is 3. The highest BCUT2D eigenvalue weighted by Crippen LogP contribution is 2.22. The van der Waals surface area contributed by atoms with Crippen molar-refractivity contribution in [1.29, 1.82) is 0 Å². The molecule has 108 valence electrons. The Bertz CT molecular complexity index is 645. The van der Waals surface area contributed by atoms with E-state index in [9.17, 15) is 4.79 Å². The zero-order valence-electron chi connectivity index (χ0n) is 12.8. The molecule has 2 rings (SSSR count). The molecule has 0 aliphatic rings. The summed E-state index contributed by atoms with van der Waals surface area (Å²) >= 11 is 0. The highest BCUT2D eigenvalue weighted by atomic mass is 16.1. The van der Waals surface area contributed by atoms with E-state index in [1.165, 1.54) is 0 Å². The predicted molar refractivity (Wildman–Crippen MR) is 77.9 cm³/mol. The Kier molecular flexibility index (Phi) is 3.41. The molecule has 6 nitrogen and oxygen atoms in total. The van der Waals surface area contributed by atoms with Gasteiger partial charge >= 0.3 is 0 Å². The molecular formula is C14H21N5O. The fraction of sp³-hybridized carbons (Fsp3) is 0.500. The highest BCUT2D eigenvalue weighted by Gasteiger charge is 2.20.